The largest absolute Gasteiger partial charge is 0.481 e. The summed E-state index contributed by atoms with van der Waals surface area (Å²) < 4.78 is 27.5. The Bertz CT molecular complexity index is 729. The van der Waals surface area contributed by atoms with Gasteiger partial charge in [-0.1, -0.05) is 36.4 Å². The van der Waals surface area contributed by atoms with Crippen LogP contribution in [0.2, 0.25) is 0 Å². The van der Waals surface area contributed by atoms with Crippen molar-refractivity contribution in [3.63, 3.8) is 0 Å². The second-order valence-corrected chi connectivity index (χ2v) is 5.83. The van der Waals surface area contributed by atoms with Crippen LogP contribution in [0.25, 0.3) is 0 Å². The molecule has 0 spiro atoms. The Morgan fingerprint density at radius 2 is 1.64 bits per heavy atom. The lowest BCUT2D eigenvalue weighted by Crippen LogP contribution is -2.36. The Balaban J connectivity index is 2.02. The number of hydrogen-bond donors (Lipinski definition) is 2. The maximum absolute atomic E-state index is 13.8. The number of amides is 1. The summed E-state index contributed by atoms with van der Waals surface area (Å²) in [5.74, 6) is -5.17. The molecule has 2 rings (SSSR count). The number of rotatable bonds is 7. The Hall–Kier alpha value is -2.76. The van der Waals surface area contributed by atoms with Crippen LogP contribution in [-0.4, -0.2) is 23.5 Å². The van der Waals surface area contributed by atoms with Gasteiger partial charge in [0, 0.05) is 12.1 Å². The number of aliphatic carboxylic acids is 1. The lowest BCUT2D eigenvalue weighted by molar-refractivity contribution is -0.141. The second kappa shape index (κ2) is 8.37. The molecule has 0 bridgehead atoms. The van der Waals surface area contributed by atoms with Gasteiger partial charge in [0.2, 0.25) is 5.91 Å². The maximum Gasteiger partial charge on any atom is 0.308 e. The highest BCUT2D eigenvalue weighted by atomic mass is 19.1. The number of carbonyl (C=O) groups is 2. The van der Waals surface area contributed by atoms with Crippen LogP contribution in [0, 0.1) is 17.6 Å². The highest BCUT2D eigenvalue weighted by molar-refractivity contribution is 5.84. The van der Waals surface area contributed by atoms with Gasteiger partial charge in [-0.15, -0.1) is 0 Å². The normalized spacial score (nSPS) is 13.1. The van der Waals surface area contributed by atoms with E-state index in [9.17, 15) is 23.5 Å². The molecule has 4 nitrogen and oxygen atoms in total. The van der Waals surface area contributed by atoms with E-state index in [1.54, 1.807) is 24.3 Å². The van der Waals surface area contributed by atoms with Crippen LogP contribution in [0.5, 0.6) is 0 Å². The van der Waals surface area contributed by atoms with Gasteiger partial charge in [0.1, 0.15) is 11.6 Å². The van der Waals surface area contributed by atoms with E-state index in [4.69, 9.17) is 0 Å². The Morgan fingerprint density at radius 3 is 2.20 bits per heavy atom. The molecule has 0 aliphatic heterocycles. The molecule has 25 heavy (non-hydrogen) atoms. The average molecular weight is 347 g/mol. The number of benzene rings is 2. The number of nitrogens with one attached hydrogen (secondary N) is 1. The van der Waals surface area contributed by atoms with E-state index in [2.05, 4.69) is 5.32 Å². The monoisotopic (exact) mass is 347 g/mol. The van der Waals surface area contributed by atoms with E-state index >= 15 is 0 Å². The summed E-state index contributed by atoms with van der Waals surface area (Å²) in [7, 11) is 0. The third-order valence-electron chi connectivity index (χ3n) is 4.02. The van der Waals surface area contributed by atoms with Crippen LogP contribution in [0.4, 0.5) is 8.78 Å². The molecule has 0 radical (unpaired) electrons. The first-order chi connectivity index (χ1) is 11.9. The first-order valence-electron chi connectivity index (χ1n) is 7.88. The summed E-state index contributed by atoms with van der Waals surface area (Å²) in [6.45, 7) is 1.26. The van der Waals surface area contributed by atoms with Gasteiger partial charge < -0.3 is 10.4 Å². The van der Waals surface area contributed by atoms with Gasteiger partial charge >= 0.3 is 5.97 Å². The molecule has 0 aliphatic rings. The quantitative estimate of drug-likeness (QED) is 0.809. The zero-order valence-corrected chi connectivity index (χ0v) is 13.7. The van der Waals surface area contributed by atoms with Crippen LogP contribution in [0.15, 0.2) is 48.5 Å². The van der Waals surface area contributed by atoms with E-state index in [1.165, 1.54) is 13.0 Å². The second-order valence-electron chi connectivity index (χ2n) is 5.83. The molecule has 0 fully saturated rings. The van der Waals surface area contributed by atoms with Crippen LogP contribution in [-0.2, 0) is 16.0 Å². The first-order valence-corrected chi connectivity index (χ1v) is 7.88. The number of hydrogen-bond acceptors (Lipinski definition) is 2. The lowest BCUT2D eigenvalue weighted by atomic mass is 9.97. The topological polar surface area (TPSA) is 66.4 Å². The Morgan fingerprint density at radius 1 is 1.04 bits per heavy atom. The molecule has 0 saturated heterocycles. The summed E-state index contributed by atoms with van der Waals surface area (Å²) >= 11 is 0. The number of carboxylic acids is 1. The van der Waals surface area contributed by atoms with Crippen molar-refractivity contribution in [2.24, 2.45) is 5.92 Å². The average Bonchev–Trinajstić information content (AvgIpc) is 2.58. The van der Waals surface area contributed by atoms with Crippen molar-refractivity contribution >= 4 is 11.9 Å². The zero-order valence-electron chi connectivity index (χ0n) is 13.7. The number of halogens is 2. The van der Waals surface area contributed by atoms with E-state index in [0.29, 0.717) is 0 Å². The fourth-order valence-electron chi connectivity index (χ4n) is 2.58. The van der Waals surface area contributed by atoms with Crippen molar-refractivity contribution in [3.05, 3.63) is 71.3 Å². The zero-order chi connectivity index (χ0) is 18.4. The van der Waals surface area contributed by atoms with Crippen LogP contribution >= 0.6 is 0 Å². The summed E-state index contributed by atoms with van der Waals surface area (Å²) in [4.78, 5) is 23.6. The molecular weight excluding hydrogens is 328 g/mol. The third kappa shape index (κ3) is 4.86. The SMILES string of the molecule is CC(C(=O)NCC(Cc1ccccc1)C(=O)O)c1c(F)cccc1F. The molecule has 2 aromatic rings. The summed E-state index contributed by atoms with van der Waals surface area (Å²) in [6, 6.07) is 12.4. The Kier molecular flexibility index (Phi) is 6.22. The number of carboxylic acid groups (broad SMARTS) is 1. The molecule has 1 amide bonds. The van der Waals surface area contributed by atoms with Crippen LogP contribution in [0.1, 0.15) is 24.0 Å². The fraction of sp³-hybridized carbons (Fsp3) is 0.263. The standard InChI is InChI=1S/C19H19F2NO3/c1-12(17-15(20)8-5-9-16(17)21)18(23)22-11-14(19(24)25)10-13-6-3-2-4-7-13/h2-9,12,14H,10-11H2,1H3,(H,22,23)(H,24,25). The molecule has 0 aromatic heterocycles. The van der Waals surface area contributed by atoms with Gasteiger partial charge in [0.25, 0.3) is 0 Å². The predicted molar refractivity (Wildman–Crippen MR) is 89.1 cm³/mol. The van der Waals surface area contributed by atoms with E-state index in [1.807, 2.05) is 6.07 Å². The summed E-state index contributed by atoms with van der Waals surface area (Å²) in [5, 5.41) is 11.8. The molecular formula is C19H19F2NO3. The van der Waals surface area contributed by atoms with Crippen molar-refractivity contribution in [2.45, 2.75) is 19.3 Å². The molecule has 0 aliphatic carbocycles. The first kappa shape index (κ1) is 18.6. The highest BCUT2D eigenvalue weighted by Gasteiger charge is 2.25. The van der Waals surface area contributed by atoms with E-state index in [-0.39, 0.29) is 18.5 Å². The maximum atomic E-state index is 13.8. The van der Waals surface area contributed by atoms with Gasteiger partial charge in [0.05, 0.1) is 11.8 Å². The molecule has 132 valence electrons. The third-order valence-corrected chi connectivity index (χ3v) is 4.02. The van der Waals surface area contributed by atoms with Gasteiger partial charge in [-0.2, -0.15) is 0 Å². The molecule has 2 aromatic carbocycles. The minimum absolute atomic E-state index is 0.122. The molecule has 0 heterocycles. The molecule has 2 N–H and O–H groups in total. The van der Waals surface area contributed by atoms with E-state index in [0.717, 1.165) is 17.7 Å². The minimum atomic E-state index is -1.06. The summed E-state index contributed by atoms with van der Waals surface area (Å²) in [5.41, 5.74) is 0.507. The highest BCUT2D eigenvalue weighted by Crippen LogP contribution is 2.22. The fourth-order valence-corrected chi connectivity index (χ4v) is 2.58. The van der Waals surface area contributed by atoms with Crippen LogP contribution < -0.4 is 5.32 Å². The van der Waals surface area contributed by atoms with Crippen LogP contribution in [0.3, 0.4) is 0 Å². The molecule has 2 unspecified atom stereocenters. The van der Waals surface area contributed by atoms with Gasteiger partial charge in [-0.05, 0) is 31.0 Å². The Labute approximate surface area is 144 Å². The van der Waals surface area contributed by atoms with E-state index < -0.39 is 35.3 Å². The van der Waals surface area contributed by atoms with Crippen molar-refractivity contribution in [2.75, 3.05) is 6.54 Å². The van der Waals surface area contributed by atoms with Crippen molar-refractivity contribution in [1.82, 2.24) is 5.32 Å². The lowest BCUT2D eigenvalue weighted by Gasteiger charge is -2.17. The molecule has 0 saturated carbocycles. The number of carbonyl (C=O) groups excluding carboxylic acids is 1. The van der Waals surface area contributed by atoms with Crippen molar-refractivity contribution in [1.29, 1.82) is 0 Å². The minimum Gasteiger partial charge on any atom is -0.481 e. The van der Waals surface area contributed by atoms with Crippen molar-refractivity contribution in [3.8, 4) is 0 Å². The predicted octanol–water partition coefficient (Wildman–Crippen LogP) is 3.13. The molecule has 2 atom stereocenters. The molecule has 6 heteroatoms. The van der Waals surface area contributed by atoms with Crippen molar-refractivity contribution < 1.29 is 23.5 Å². The summed E-state index contributed by atoms with van der Waals surface area (Å²) in [6.07, 6.45) is 0.249. The smallest absolute Gasteiger partial charge is 0.308 e. The van der Waals surface area contributed by atoms with Gasteiger partial charge in [-0.3, -0.25) is 9.59 Å². The van der Waals surface area contributed by atoms with Gasteiger partial charge in [-0.25, -0.2) is 8.78 Å². The van der Waals surface area contributed by atoms with Gasteiger partial charge in [0.15, 0.2) is 0 Å².